The molecule has 3 aromatic rings. The van der Waals surface area contributed by atoms with Gasteiger partial charge in [-0.2, -0.15) is 4.98 Å². The monoisotopic (exact) mass is 357 g/mol. The lowest BCUT2D eigenvalue weighted by Gasteiger charge is -2.09. The predicted molar refractivity (Wildman–Crippen MR) is 94.7 cm³/mol. The summed E-state index contributed by atoms with van der Waals surface area (Å²) < 4.78 is 10.6. The number of benzene rings is 2. The van der Waals surface area contributed by atoms with E-state index in [0.717, 1.165) is 5.56 Å². The Kier molecular flexibility index (Phi) is 5.30. The van der Waals surface area contributed by atoms with Crippen LogP contribution >= 0.6 is 11.6 Å². The first-order valence-corrected chi connectivity index (χ1v) is 8.13. The number of anilines is 1. The van der Waals surface area contributed by atoms with Crippen molar-refractivity contribution in [3.05, 3.63) is 59.4 Å². The zero-order valence-corrected chi connectivity index (χ0v) is 14.3. The van der Waals surface area contributed by atoms with Crippen molar-refractivity contribution in [2.45, 2.75) is 13.3 Å². The summed E-state index contributed by atoms with van der Waals surface area (Å²) in [4.78, 5) is 16.3. The minimum Gasteiger partial charge on any atom is -0.484 e. The number of ether oxygens (including phenoxy) is 1. The summed E-state index contributed by atoms with van der Waals surface area (Å²) in [6.45, 7) is 1.80. The molecule has 2 aromatic carbocycles. The number of amides is 1. The van der Waals surface area contributed by atoms with Crippen LogP contribution in [-0.4, -0.2) is 22.7 Å². The molecule has 0 unspecified atom stereocenters. The molecule has 6 nitrogen and oxygen atoms in total. The fourth-order valence-electron chi connectivity index (χ4n) is 2.14. The number of halogens is 1. The Morgan fingerprint density at radius 2 is 2.08 bits per heavy atom. The Morgan fingerprint density at radius 3 is 2.84 bits per heavy atom. The average Bonchev–Trinajstić information content (AvgIpc) is 3.11. The van der Waals surface area contributed by atoms with Gasteiger partial charge in [-0.1, -0.05) is 47.9 Å². The Hall–Kier alpha value is -2.86. The van der Waals surface area contributed by atoms with Gasteiger partial charge in [0.15, 0.2) is 6.61 Å². The molecular formula is C18H16ClN3O3. The molecule has 0 fully saturated rings. The lowest BCUT2D eigenvalue weighted by atomic mass is 10.2. The van der Waals surface area contributed by atoms with Crippen LogP contribution < -0.4 is 10.1 Å². The molecule has 0 saturated heterocycles. The van der Waals surface area contributed by atoms with Crippen molar-refractivity contribution in [2.75, 3.05) is 11.9 Å². The fraction of sp³-hybridized carbons (Fsp3) is 0.167. The number of carbonyl (C=O) groups is 1. The highest BCUT2D eigenvalue weighted by Crippen LogP contribution is 2.22. The molecule has 3 rings (SSSR count). The largest absolute Gasteiger partial charge is 0.484 e. The van der Waals surface area contributed by atoms with E-state index in [0.29, 0.717) is 34.6 Å². The first-order chi connectivity index (χ1) is 12.2. The van der Waals surface area contributed by atoms with Crippen LogP contribution in [0.15, 0.2) is 53.1 Å². The van der Waals surface area contributed by atoms with Gasteiger partial charge in [-0.05, 0) is 24.3 Å². The first-order valence-electron chi connectivity index (χ1n) is 7.76. The number of rotatable bonds is 6. The Labute approximate surface area is 149 Å². The van der Waals surface area contributed by atoms with E-state index < -0.39 is 0 Å². The second-order valence-electron chi connectivity index (χ2n) is 5.21. The quantitative estimate of drug-likeness (QED) is 0.722. The highest BCUT2D eigenvalue weighted by atomic mass is 35.5. The summed E-state index contributed by atoms with van der Waals surface area (Å²) in [5, 5.41) is 7.10. The predicted octanol–water partition coefficient (Wildman–Crippen LogP) is 3.97. The number of aromatic nitrogens is 2. The summed E-state index contributed by atoms with van der Waals surface area (Å²) in [5.41, 5.74) is 1.30. The number of nitrogens with one attached hydrogen (secondary N) is 1. The van der Waals surface area contributed by atoms with Crippen LogP contribution in [0.3, 0.4) is 0 Å². The van der Waals surface area contributed by atoms with Crippen LogP contribution in [0, 0.1) is 0 Å². The molecule has 0 bridgehead atoms. The van der Waals surface area contributed by atoms with Crippen molar-refractivity contribution in [3.8, 4) is 17.1 Å². The minimum absolute atomic E-state index is 0.138. The topological polar surface area (TPSA) is 77.2 Å². The highest BCUT2D eigenvalue weighted by Gasteiger charge is 2.10. The molecule has 0 aliphatic carbocycles. The Bertz CT molecular complexity index is 879. The van der Waals surface area contributed by atoms with Gasteiger partial charge in [0.05, 0.1) is 10.7 Å². The summed E-state index contributed by atoms with van der Waals surface area (Å²) in [6.07, 6.45) is 0.672. The highest BCUT2D eigenvalue weighted by molar-refractivity contribution is 6.33. The molecule has 1 amide bonds. The summed E-state index contributed by atoms with van der Waals surface area (Å²) in [7, 11) is 0. The van der Waals surface area contributed by atoms with Crippen molar-refractivity contribution in [2.24, 2.45) is 0 Å². The normalized spacial score (nSPS) is 10.5. The molecule has 0 aliphatic rings. The van der Waals surface area contributed by atoms with E-state index in [2.05, 4.69) is 15.5 Å². The van der Waals surface area contributed by atoms with Gasteiger partial charge < -0.3 is 14.6 Å². The van der Waals surface area contributed by atoms with Gasteiger partial charge in [0.1, 0.15) is 5.75 Å². The summed E-state index contributed by atoms with van der Waals surface area (Å²) in [5.74, 6) is 1.30. The number of para-hydroxylation sites is 1. The summed E-state index contributed by atoms with van der Waals surface area (Å²) >= 11 is 6.01. The third-order valence-corrected chi connectivity index (χ3v) is 3.71. The van der Waals surface area contributed by atoms with E-state index in [1.54, 1.807) is 42.5 Å². The molecule has 0 atom stereocenters. The van der Waals surface area contributed by atoms with E-state index in [-0.39, 0.29) is 12.5 Å². The first kappa shape index (κ1) is 17.0. The standard InChI is InChI=1S/C18H16ClN3O3/c1-2-17-21-18(22-25-17)12-6-5-7-13(10-12)24-11-16(23)20-15-9-4-3-8-14(15)19/h3-10H,2,11H2,1H3,(H,20,23). The number of hydrogen-bond acceptors (Lipinski definition) is 5. The van der Waals surface area contributed by atoms with Crippen molar-refractivity contribution < 1.29 is 14.1 Å². The number of nitrogens with zero attached hydrogens (tertiary/aromatic N) is 2. The molecule has 0 radical (unpaired) electrons. The number of aryl methyl sites for hydroxylation is 1. The second kappa shape index (κ2) is 7.81. The van der Waals surface area contributed by atoms with Gasteiger partial charge in [0, 0.05) is 12.0 Å². The number of carbonyl (C=O) groups excluding carboxylic acids is 1. The third-order valence-electron chi connectivity index (χ3n) is 3.38. The van der Waals surface area contributed by atoms with Gasteiger partial charge in [0.2, 0.25) is 11.7 Å². The maximum atomic E-state index is 12.0. The Morgan fingerprint density at radius 1 is 1.24 bits per heavy atom. The van der Waals surface area contributed by atoms with Crippen molar-refractivity contribution in [3.63, 3.8) is 0 Å². The maximum Gasteiger partial charge on any atom is 0.262 e. The van der Waals surface area contributed by atoms with E-state index >= 15 is 0 Å². The van der Waals surface area contributed by atoms with Crippen LogP contribution in [-0.2, 0) is 11.2 Å². The van der Waals surface area contributed by atoms with Gasteiger partial charge in [-0.25, -0.2) is 0 Å². The zero-order chi connectivity index (χ0) is 17.6. The molecule has 0 spiro atoms. The number of hydrogen-bond donors (Lipinski definition) is 1. The van der Waals surface area contributed by atoms with Crippen LogP contribution in [0.2, 0.25) is 5.02 Å². The molecular weight excluding hydrogens is 342 g/mol. The molecule has 0 aliphatic heterocycles. The zero-order valence-electron chi connectivity index (χ0n) is 13.5. The van der Waals surface area contributed by atoms with Crippen LogP contribution in [0.5, 0.6) is 5.75 Å². The minimum atomic E-state index is -0.300. The SMILES string of the molecule is CCc1nc(-c2cccc(OCC(=O)Nc3ccccc3Cl)c2)no1. The van der Waals surface area contributed by atoms with Crippen molar-refractivity contribution >= 4 is 23.2 Å². The van der Waals surface area contributed by atoms with Crippen LogP contribution in [0.1, 0.15) is 12.8 Å². The van der Waals surface area contributed by atoms with Gasteiger partial charge in [-0.3, -0.25) is 4.79 Å². The molecule has 128 valence electrons. The average molecular weight is 358 g/mol. The summed E-state index contributed by atoms with van der Waals surface area (Å²) in [6, 6.07) is 14.2. The van der Waals surface area contributed by atoms with E-state index in [1.807, 2.05) is 13.0 Å². The van der Waals surface area contributed by atoms with Crippen LogP contribution in [0.25, 0.3) is 11.4 Å². The molecule has 7 heteroatoms. The van der Waals surface area contributed by atoms with E-state index in [4.69, 9.17) is 20.9 Å². The third kappa shape index (κ3) is 4.36. The molecule has 1 aromatic heterocycles. The van der Waals surface area contributed by atoms with Crippen molar-refractivity contribution in [1.82, 2.24) is 10.1 Å². The smallest absolute Gasteiger partial charge is 0.262 e. The van der Waals surface area contributed by atoms with Gasteiger partial charge in [0.25, 0.3) is 5.91 Å². The van der Waals surface area contributed by atoms with Crippen molar-refractivity contribution in [1.29, 1.82) is 0 Å². The Balaban J connectivity index is 1.62. The van der Waals surface area contributed by atoms with E-state index in [9.17, 15) is 4.79 Å². The lowest BCUT2D eigenvalue weighted by Crippen LogP contribution is -2.20. The lowest BCUT2D eigenvalue weighted by molar-refractivity contribution is -0.118. The molecule has 25 heavy (non-hydrogen) atoms. The van der Waals surface area contributed by atoms with Crippen LogP contribution in [0.4, 0.5) is 5.69 Å². The molecule has 0 saturated carbocycles. The van der Waals surface area contributed by atoms with Gasteiger partial charge >= 0.3 is 0 Å². The fourth-order valence-corrected chi connectivity index (χ4v) is 2.32. The second-order valence-corrected chi connectivity index (χ2v) is 5.62. The molecule has 1 N–H and O–H groups in total. The molecule has 1 heterocycles. The maximum absolute atomic E-state index is 12.0. The van der Waals surface area contributed by atoms with E-state index in [1.165, 1.54) is 0 Å². The van der Waals surface area contributed by atoms with Gasteiger partial charge in [-0.15, -0.1) is 0 Å².